The second-order valence-electron chi connectivity index (χ2n) is 13.2. The topological polar surface area (TPSA) is 99.5 Å². The average molecular weight is 513 g/mol. The van der Waals surface area contributed by atoms with Crippen molar-refractivity contribution in [2.24, 2.45) is 0 Å². The summed E-state index contributed by atoms with van der Waals surface area (Å²) in [5.74, 6) is -0.390. The van der Waals surface area contributed by atoms with E-state index in [0.29, 0.717) is 12.8 Å². The predicted octanol–water partition coefficient (Wildman–Crippen LogP) is 6.02. The molecule has 0 radical (unpaired) electrons. The number of ether oxygens (including phenoxy) is 2. The minimum Gasteiger partial charge on any atom is -0.460 e. The lowest BCUT2D eigenvalue weighted by Gasteiger charge is -2.51. The Morgan fingerprint density at radius 3 is 1.28 bits per heavy atom. The van der Waals surface area contributed by atoms with Crippen LogP contribution in [0.2, 0.25) is 0 Å². The van der Waals surface area contributed by atoms with Gasteiger partial charge in [0.15, 0.2) is 0 Å². The maximum atomic E-state index is 12.3. The predicted molar refractivity (Wildman–Crippen MR) is 139 cm³/mol. The first-order chi connectivity index (χ1) is 16.5. The van der Waals surface area contributed by atoms with E-state index in [1.165, 1.54) is 10.1 Å². The van der Waals surface area contributed by atoms with E-state index in [2.05, 4.69) is 0 Å². The zero-order valence-electron chi connectivity index (χ0n) is 24.1. The molecule has 0 aromatic heterocycles. The first-order valence-electron chi connectivity index (χ1n) is 13.9. The van der Waals surface area contributed by atoms with Crippen LogP contribution in [0, 0.1) is 0 Å². The molecule has 8 nitrogen and oxygen atoms in total. The SMILES string of the molecule is CC1(C)CCC(OC(=O)CCCCCCCCC(=O)OC2CCC(C)(C)N(O)C2(C)C)C(C)(C)N1O. The number of carbonyl (C=O) groups is 2. The maximum Gasteiger partial charge on any atom is 0.306 e. The molecule has 0 aliphatic carbocycles. The number of hydrogen-bond acceptors (Lipinski definition) is 8. The Bertz CT molecular complexity index is 686. The third-order valence-electron chi connectivity index (χ3n) is 8.41. The van der Waals surface area contributed by atoms with Crippen LogP contribution in [0.25, 0.3) is 0 Å². The number of nitrogens with zero attached hydrogens (tertiary/aromatic N) is 2. The lowest BCUT2D eigenvalue weighted by atomic mass is 9.80. The lowest BCUT2D eigenvalue weighted by molar-refractivity contribution is -0.273. The summed E-state index contributed by atoms with van der Waals surface area (Å²) in [6.45, 7) is 15.7. The molecule has 2 aliphatic heterocycles. The fourth-order valence-corrected chi connectivity index (χ4v) is 5.81. The zero-order chi connectivity index (χ0) is 27.4. The Morgan fingerprint density at radius 1 is 0.639 bits per heavy atom. The van der Waals surface area contributed by atoms with Crippen molar-refractivity contribution in [3.8, 4) is 0 Å². The third-order valence-corrected chi connectivity index (χ3v) is 8.41. The van der Waals surface area contributed by atoms with Crippen molar-refractivity contribution >= 4 is 11.9 Å². The monoisotopic (exact) mass is 512 g/mol. The molecule has 0 aromatic rings. The summed E-state index contributed by atoms with van der Waals surface area (Å²) in [4.78, 5) is 24.7. The van der Waals surface area contributed by atoms with Gasteiger partial charge in [-0.2, -0.15) is 10.1 Å². The van der Waals surface area contributed by atoms with Gasteiger partial charge < -0.3 is 19.9 Å². The molecule has 2 fully saturated rings. The van der Waals surface area contributed by atoms with Crippen molar-refractivity contribution in [1.82, 2.24) is 10.1 Å². The van der Waals surface area contributed by atoms with Gasteiger partial charge >= 0.3 is 11.9 Å². The van der Waals surface area contributed by atoms with Crippen molar-refractivity contribution in [1.29, 1.82) is 0 Å². The van der Waals surface area contributed by atoms with Crippen LogP contribution in [0.3, 0.4) is 0 Å². The van der Waals surface area contributed by atoms with Crippen molar-refractivity contribution in [2.75, 3.05) is 0 Å². The molecule has 2 aliphatic rings. The molecular weight excluding hydrogens is 460 g/mol. The Kier molecular flexibility index (Phi) is 10.4. The number of hydroxylamine groups is 4. The molecule has 2 unspecified atom stereocenters. The Labute approximate surface area is 218 Å². The molecule has 2 N–H and O–H groups in total. The Morgan fingerprint density at radius 2 is 0.944 bits per heavy atom. The molecule has 36 heavy (non-hydrogen) atoms. The second kappa shape index (κ2) is 12.1. The normalized spacial score (nSPS) is 27.4. The zero-order valence-corrected chi connectivity index (χ0v) is 24.1. The molecule has 2 heterocycles. The Balaban J connectivity index is 1.56. The van der Waals surface area contributed by atoms with Crippen LogP contribution in [-0.2, 0) is 19.1 Å². The summed E-state index contributed by atoms with van der Waals surface area (Å²) in [6, 6.07) is 0. The third kappa shape index (κ3) is 7.65. The number of hydrogen-bond donors (Lipinski definition) is 2. The summed E-state index contributed by atoms with van der Waals surface area (Å²) in [5.41, 5.74) is -1.88. The maximum absolute atomic E-state index is 12.3. The molecule has 0 amide bonds. The van der Waals surface area contributed by atoms with Gasteiger partial charge in [0.25, 0.3) is 0 Å². The standard InChI is InChI=1S/C28H52N2O6/c1-25(2)19-17-21(27(5,6)29(25)33)35-23(31)15-13-11-9-10-12-14-16-24(32)36-22-18-20-26(3,4)30(34)28(22,7)8/h21-22,33-34H,9-20H2,1-8H3. The minimum absolute atomic E-state index is 0.195. The van der Waals surface area contributed by atoms with Gasteiger partial charge in [0.05, 0.1) is 11.1 Å². The van der Waals surface area contributed by atoms with E-state index in [4.69, 9.17) is 9.47 Å². The van der Waals surface area contributed by atoms with Crippen LogP contribution < -0.4 is 0 Å². The van der Waals surface area contributed by atoms with Crippen molar-refractivity contribution in [3.63, 3.8) is 0 Å². The van der Waals surface area contributed by atoms with Crippen LogP contribution in [0.5, 0.6) is 0 Å². The number of rotatable bonds is 11. The highest BCUT2D eigenvalue weighted by atomic mass is 16.6. The van der Waals surface area contributed by atoms with Gasteiger partial charge in [0.1, 0.15) is 12.2 Å². The van der Waals surface area contributed by atoms with Crippen molar-refractivity contribution < 1.29 is 29.5 Å². The van der Waals surface area contributed by atoms with Gasteiger partial charge in [-0.25, -0.2) is 0 Å². The number of carbonyl (C=O) groups excluding carboxylic acids is 2. The smallest absolute Gasteiger partial charge is 0.306 e. The quantitative estimate of drug-likeness (QED) is 0.256. The van der Waals surface area contributed by atoms with E-state index in [1.807, 2.05) is 55.4 Å². The number of unbranched alkanes of at least 4 members (excludes halogenated alkanes) is 5. The van der Waals surface area contributed by atoms with Crippen LogP contribution in [0.1, 0.15) is 132 Å². The first kappa shape index (κ1) is 31.0. The summed E-state index contributed by atoms with van der Waals surface area (Å²) in [7, 11) is 0. The van der Waals surface area contributed by atoms with Gasteiger partial charge in [-0.1, -0.05) is 25.7 Å². The largest absolute Gasteiger partial charge is 0.460 e. The fourth-order valence-electron chi connectivity index (χ4n) is 5.81. The van der Waals surface area contributed by atoms with Crippen LogP contribution in [0.15, 0.2) is 0 Å². The molecule has 0 saturated carbocycles. The second-order valence-corrected chi connectivity index (χ2v) is 13.2. The van der Waals surface area contributed by atoms with Crippen LogP contribution >= 0.6 is 0 Å². The van der Waals surface area contributed by atoms with Crippen molar-refractivity contribution in [3.05, 3.63) is 0 Å². The highest BCUT2D eigenvalue weighted by molar-refractivity contribution is 5.70. The molecule has 8 heteroatoms. The summed E-state index contributed by atoms with van der Waals surface area (Å²) in [6.07, 6.45) is 8.70. The van der Waals surface area contributed by atoms with E-state index in [9.17, 15) is 20.0 Å². The van der Waals surface area contributed by atoms with E-state index >= 15 is 0 Å². The molecule has 0 spiro atoms. The van der Waals surface area contributed by atoms with E-state index in [-0.39, 0.29) is 35.2 Å². The molecule has 0 bridgehead atoms. The Hall–Kier alpha value is -1.22. The molecule has 0 aromatic carbocycles. The summed E-state index contributed by atoms with van der Waals surface area (Å²) in [5, 5.41) is 23.8. The van der Waals surface area contributed by atoms with E-state index < -0.39 is 11.1 Å². The molecular formula is C28H52N2O6. The minimum atomic E-state index is -0.612. The summed E-state index contributed by atoms with van der Waals surface area (Å²) >= 11 is 0. The van der Waals surface area contributed by atoms with Gasteiger partial charge in [0, 0.05) is 23.9 Å². The number of esters is 2. The van der Waals surface area contributed by atoms with Gasteiger partial charge in [-0.05, 0) is 93.9 Å². The van der Waals surface area contributed by atoms with Gasteiger partial charge in [0.2, 0.25) is 0 Å². The van der Waals surface area contributed by atoms with E-state index in [1.54, 1.807) is 0 Å². The first-order valence-corrected chi connectivity index (χ1v) is 13.9. The summed E-state index contributed by atoms with van der Waals surface area (Å²) < 4.78 is 11.5. The van der Waals surface area contributed by atoms with Crippen LogP contribution in [-0.4, -0.2) is 66.8 Å². The lowest BCUT2D eigenvalue weighted by Crippen LogP contribution is -2.63. The average Bonchev–Trinajstić information content (AvgIpc) is 2.77. The molecule has 2 saturated heterocycles. The van der Waals surface area contributed by atoms with Gasteiger partial charge in [-0.15, -0.1) is 0 Å². The molecule has 2 atom stereocenters. The highest BCUT2D eigenvalue weighted by Crippen LogP contribution is 2.39. The highest BCUT2D eigenvalue weighted by Gasteiger charge is 2.49. The number of piperidine rings is 2. The van der Waals surface area contributed by atoms with Gasteiger partial charge in [-0.3, -0.25) is 9.59 Å². The molecule has 2 rings (SSSR count). The van der Waals surface area contributed by atoms with Crippen LogP contribution in [0.4, 0.5) is 0 Å². The van der Waals surface area contributed by atoms with Crippen molar-refractivity contribution in [2.45, 2.75) is 167 Å². The van der Waals surface area contributed by atoms with E-state index in [0.717, 1.165) is 64.2 Å². The fraction of sp³-hybridized carbons (Fsp3) is 0.929. The molecule has 210 valence electrons.